The van der Waals surface area contributed by atoms with E-state index in [1.165, 1.54) is 0 Å². The Morgan fingerprint density at radius 1 is 1.58 bits per heavy atom. The first-order chi connectivity index (χ1) is 5.74. The van der Waals surface area contributed by atoms with E-state index in [4.69, 9.17) is 9.47 Å². The van der Waals surface area contributed by atoms with Crippen molar-refractivity contribution in [2.24, 2.45) is 0 Å². The van der Waals surface area contributed by atoms with Crippen LogP contribution in [-0.4, -0.2) is 32.6 Å². The van der Waals surface area contributed by atoms with E-state index in [0.29, 0.717) is 6.04 Å². The Hall–Kier alpha value is -0.380. The van der Waals surface area contributed by atoms with Crippen molar-refractivity contribution >= 4 is 0 Å². The van der Waals surface area contributed by atoms with Crippen LogP contribution in [0.2, 0.25) is 0 Å². The molecule has 0 aromatic rings. The highest BCUT2D eigenvalue weighted by atomic mass is 16.7. The van der Waals surface area contributed by atoms with Crippen LogP contribution in [0.4, 0.5) is 0 Å². The van der Waals surface area contributed by atoms with Gasteiger partial charge in [-0.15, -0.1) is 0 Å². The summed E-state index contributed by atoms with van der Waals surface area (Å²) >= 11 is 0. The number of ether oxygens (including phenoxy) is 2. The quantitative estimate of drug-likeness (QED) is 0.638. The minimum absolute atomic E-state index is 0.0425. The van der Waals surface area contributed by atoms with Crippen molar-refractivity contribution < 1.29 is 9.47 Å². The van der Waals surface area contributed by atoms with Crippen molar-refractivity contribution in [3.8, 4) is 0 Å². The molecule has 1 atom stereocenters. The number of likely N-dealkylation sites (N-methyl/N-ethyl adjacent to an activating group) is 1. The average molecular weight is 171 g/mol. The molecule has 0 spiro atoms. The van der Waals surface area contributed by atoms with Crippen LogP contribution in [0, 0.1) is 0 Å². The molecule has 0 aliphatic carbocycles. The van der Waals surface area contributed by atoms with E-state index in [0.717, 1.165) is 25.2 Å². The third-order valence-corrected chi connectivity index (χ3v) is 2.06. The second kappa shape index (κ2) is 4.60. The Morgan fingerprint density at radius 2 is 2.17 bits per heavy atom. The van der Waals surface area contributed by atoms with Crippen LogP contribution in [0.1, 0.15) is 13.3 Å². The second-order valence-electron chi connectivity index (χ2n) is 3.09. The average Bonchev–Trinajstić information content (AvgIpc) is 2.51. The van der Waals surface area contributed by atoms with Crippen LogP contribution >= 0.6 is 0 Å². The summed E-state index contributed by atoms with van der Waals surface area (Å²) in [7, 11) is 1.92. The smallest absolute Gasteiger partial charge is 0.159 e. The van der Waals surface area contributed by atoms with E-state index >= 15 is 0 Å². The summed E-state index contributed by atoms with van der Waals surface area (Å²) in [5, 5.41) is 3.17. The topological polar surface area (TPSA) is 30.5 Å². The number of nitrogens with one attached hydrogen (secondary N) is 1. The molecule has 1 aliphatic heterocycles. The predicted molar refractivity (Wildman–Crippen MR) is 48.0 cm³/mol. The molecule has 12 heavy (non-hydrogen) atoms. The summed E-state index contributed by atoms with van der Waals surface area (Å²) in [6.45, 7) is 7.34. The van der Waals surface area contributed by atoms with Crippen LogP contribution in [0.25, 0.3) is 0 Å². The number of rotatable bonds is 4. The molecular formula is C9H17NO2. The van der Waals surface area contributed by atoms with E-state index < -0.39 is 0 Å². The molecule has 1 N–H and O–H groups in total. The zero-order chi connectivity index (χ0) is 8.97. The van der Waals surface area contributed by atoms with Crippen molar-refractivity contribution in [1.82, 2.24) is 5.32 Å². The number of hydrogen-bond acceptors (Lipinski definition) is 3. The van der Waals surface area contributed by atoms with Crippen molar-refractivity contribution in [2.45, 2.75) is 25.7 Å². The summed E-state index contributed by atoms with van der Waals surface area (Å²) in [5.74, 6) is 0. The van der Waals surface area contributed by atoms with Gasteiger partial charge >= 0.3 is 0 Å². The Balaban J connectivity index is 2.30. The normalized spacial score (nSPS) is 21.2. The van der Waals surface area contributed by atoms with Gasteiger partial charge < -0.3 is 14.8 Å². The molecule has 1 fully saturated rings. The van der Waals surface area contributed by atoms with Crippen molar-refractivity contribution in [3.63, 3.8) is 0 Å². The summed E-state index contributed by atoms with van der Waals surface area (Å²) in [4.78, 5) is 0. The standard InChI is InChI=1S/C9H17NO2/c1-7(2)8(10-3)6-9-11-4-5-12-9/h8-10H,1,4-6H2,2-3H3. The fourth-order valence-corrected chi connectivity index (χ4v) is 1.30. The van der Waals surface area contributed by atoms with Gasteiger partial charge in [0.15, 0.2) is 6.29 Å². The van der Waals surface area contributed by atoms with E-state index in [1.807, 2.05) is 14.0 Å². The highest BCUT2D eigenvalue weighted by Crippen LogP contribution is 2.13. The third kappa shape index (κ3) is 2.59. The fraction of sp³-hybridized carbons (Fsp3) is 0.778. The molecule has 1 aliphatic rings. The summed E-state index contributed by atoms with van der Waals surface area (Å²) in [6.07, 6.45) is 0.811. The summed E-state index contributed by atoms with van der Waals surface area (Å²) < 4.78 is 10.7. The van der Waals surface area contributed by atoms with Crippen LogP contribution in [-0.2, 0) is 9.47 Å². The molecule has 1 saturated heterocycles. The first-order valence-corrected chi connectivity index (χ1v) is 4.30. The second-order valence-corrected chi connectivity index (χ2v) is 3.09. The van der Waals surface area contributed by atoms with Crippen LogP contribution in [0.5, 0.6) is 0 Å². The molecule has 0 bridgehead atoms. The van der Waals surface area contributed by atoms with Gasteiger partial charge in [-0.05, 0) is 14.0 Å². The van der Waals surface area contributed by atoms with Gasteiger partial charge in [-0.25, -0.2) is 0 Å². The van der Waals surface area contributed by atoms with Crippen molar-refractivity contribution in [1.29, 1.82) is 0 Å². The molecule has 0 amide bonds. The predicted octanol–water partition coefficient (Wildman–Crippen LogP) is 0.913. The lowest BCUT2D eigenvalue weighted by Gasteiger charge is -2.19. The molecule has 1 heterocycles. The third-order valence-electron chi connectivity index (χ3n) is 2.06. The Kier molecular flexibility index (Phi) is 3.72. The Bertz CT molecular complexity index is 153. The molecular weight excluding hydrogens is 154 g/mol. The fourth-order valence-electron chi connectivity index (χ4n) is 1.30. The maximum Gasteiger partial charge on any atom is 0.159 e. The van der Waals surface area contributed by atoms with Gasteiger partial charge in [0.05, 0.1) is 13.2 Å². The van der Waals surface area contributed by atoms with Gasteiger partial charge in [0, 0.05) is 12.5 Å². The van der Waals surface area contributed by atoms with Crippen molar-refractivity contribution in [2.75, 3.05) is 20.3 Å². The van der Waals surface area contributed by atoms with E-state index in [9.17, 15) is 0 Å². The van der Waals surface area contributed by atoms with Gasteiger partial charge in [-0.1, -0.05) is 12.2 Å². The van der Waals surface area contributed by atoms with Crippen LogP contribution in [0.15, 0.2) is 12.2 Å². The van der Waals surface area contributed by atoms with Crippen LogP contribution < -0.4 is 5.32 Å². The molecule has 0 radical (unpaired) electrons. The van der Waals surface area contributed by atoms with Gasteiger partial charge in [-0.3, -0.25) is 0 Å². The van der Waals surface area contributed by atoms with Gasteiger partial charge in [0.25, 0.3) is 0 Å². The Morgan fingerprint density at radius 3 is 2.58 bits per heavy atom. The highest BCUT2D eigenvalue weighted by molar-refractivity contribution is 5.01. The van der Waals surface area contributed by atoms with E-state index in [-0.39, 0.29) is 6.29 Å². The van der Waals surface area contributed by atoms with Gasteiger partial charge in [-0.2, -0.15) is 0 Å². The molecule has 3 nitrogen and oxygen atoms in total. The first kappa shape index (κ1) is 9.71. The SMILES string of the molecule is C=C(C)C(CC1OCCO1)NC. The Labute approximate surface area is 73.7 Å². The lowest BCUT2D eigenvalue weighted by atomic mass is 10.1. The first-order valence-electron chi connectivity index (χ1n) is 4.30. The molecule has 1 rings (SSSR count). The monoisotopic (exact) mass is 171 g/mol. The maximum absolute atomic E-state index is 5.33. The molecule has 0 saturated carbocycles. The molecule has 1 unspecified atom stereocenters. The largest absolute Gasteiger partial charge is 0.350 e. The highest BCUT2D eigenvalue weighted by Gasteiger charge is 2.20. The zero-order valence-corrected chi connectivity index (χ0v) is 7.80. The lowest BCUT2D eigenvalue weighted by molar-refractivity contribution is -0.0502. The summed E-state index contributed by atoms with van der Waals surface area (Å²) in [6, 6.07) is 0.299. The lowest BCUT2D eigenvalue weighted by Crippen LogP contribution is -2.30. The molecule has 0 aromatic heterocycles. The van der Waals surface area contributed by atoms with Crippen LogP contribution in [0.3, 0.4) is 0 Å². The van der Waals surface area contributed by atoms with E-state index in [2.05, 4.69) is 11.9 Å². The van der Waals surface area contributed by atoms with E-state index in [1.54, 1.807) is 0 Å². The minimum Gasteiger partial charge on any atom is -0.350 e. The summed E-state index contributed by atoms with van der Waals surface area (Å²) in [5.41, 5.74) is 1.12. The zero-order valence-electron chi connectivity index (χ0n) is 7.80. The molecule has 3 heteroatoms. The van der Waals surface area contributed by atoms with Crippen molar-refractivity contribution in [3.05, 3.63) is 12.2 Å². The van der Waals surface area contributed by atoms with Gasteiger partial charge in [0.2, 0.25) is 0 Å². The maximum atomic E-state index is 5.33. The van der Waals surface area contributed by atoms with Gasteiger partial charge in [0.1, 0.15) is 0 Å². The minimum atomic E-state index is -0.0425. The number of hydrogen-bond donors (Lipinski definition) is 1. The molecule has 70 valence electrons. The molecule has 0 aromatic carbocycles.